The van der Waals surface area contributed by atoms with Crippen LogP contribution < -0.4 is 10.2 Å². The van der Waals surface area contributed by atoms with Crippen LogP contribution in [0.1, 0.15) is 47.4 Å². The number of nitrogens with one attached hydrogen (secondary N) is 1. The maximum Gasteiger partial charge on any atom is 0.290 e. The standard InChI is InChI=1S/C27H30FN3O3/c1-30(2)24-13-12-23(29-26(32)20-8-3-4-9-20)16-21(24)18-31(27(33)25-11-6-14-34-25)17-19-7-5-10-22(28)15-19/h5-7,10-16,20H,3-4,8-9,17-18H2,1-2H3,(H,29,32). The molecular weight excluding hydrogens is 433 g/mol. The Kier molecular flexibility index (Phi) is 7.30. The smallest absolute Gasteiger partial charge is 0.290 e. The fraction of sp³-hybridized carbons (Fsp3) is 0.333. The number of hydrogen-bond donors (Lipinski definition) is 1. The normalized spacial score (nSPS) is 13.6. The molecule has 0 saturated heterocycles. The van der Waals surface area contributed by atoms with Crippen LogP contribution in [0.3, 0.4) is 0 Å². The topological polar surface area (TPSA) is 65.8 Å². The lowest BCUT2D eigenvalue weighted by molar-refractivity contribution is -0.119. The van der Waals surface area contributed by atoms with Crippen LogP contribution in [0.25, 0.3) is 0 Å². The van der Waals surface area contributed by atoms with Gasteiger partial charge in [-0.25, -0.2) is 4.39 Å². The fourth-order valence-electron chi connectivity index (χ4n) is 4.48. The van der Waals surface area contributed by atoms with Crippen molar-refractivity contribution >= 4 is 23.2 Å². The molecule has 0 atom stereocenters. The predicted molar refractivity (Wildman–Crippen MR) is 130 cm³/mol. The van der Waals surface area contributed by atoms with E-state index in [0.717, 1.165) is 36.9 Å². The van der Waals surface area contributed by atoms with E-state index < -0.39 is 0 Å². The quantitative estimate of drug-likeness (QED) is 0.482. The molecule has 1 aliphatic rings. The number of rotatable bonds is 8. The summed E-state index contributed by atoms with van der Waals surface area (Å²) in [6, 6.07) is 15.2. The summed E-state index contributed by atoms with van der Waals surface area (Å²) in [6.45, 7) is 0.472. The average Bonchev–Trinajstić information content (AvgIpc) is 3.53. The number of furan rings is 1. The number of anilines is 2. The molecule has 1 aromatic heterocycles. The Morgan fingerprint density at radius 1 is 1.03 bits per heavy atom. The van der Waals surface area contributed by atoms with Crippen molar-refractivity contribution in [2.75, 3.05) is 24.3 Å². The molecule has 1 aliphatic carbocycles. The first-order valence-corrected chi connectivity index (χ1v) is 11.6. The molecule has 0 bridgehead atoms. The molecule has 6 nitrogen and oxygen atoms in total. The molecule has 2 amide bonds. The molecule has 1 fully saturated rings. The van der Waals surface area contributed by atoms with Crippen LogP contribution in [-0.4, -0.2) is 30.8 Å². The molecule has 1 saturated carbocycles. The Morgan fingerprint density at radius 2 is 1.82 bits per heavy atom. The van der Waals surface area contributed by atoms with Crippen LogP contribution >= 0.6 is 0 Å². The molecule has 1 heterocycles. The largest absolute Gasteiger partial charge is 0.459 e. The lowest BCUT2D eigenvalue weighted by Crippen LogP contribution is -2.30. The van der Waals surface area contributed by atoms with Gasteiger partial charge in [-0.15, -0.1) is 0 Å². The minimum atomic E-state index is -0.353. The Morgan fingerprint density at radius 3 is 2.50 bits per heavy atom. The lowest BCUT2D eigenvalue weighted by Gasteiger charge is -2.26. The number of amides is 2. The summed E-state index contributed by atoms with van der Waals surface area (Å²) in [7, 11) is 3.86. The number of hydrogen-bond acceptors (Lipinski definition) is 4. The van der Waals surface area contributed by atoms with E-state index in [4.69, 9.17) is 4.42 Å². The average molecular weight is 464 g/mol. The fourth-order valence-corrected chi connectivity index (χ4v) is 4.48. The van der Waals surface area contributed by atoms with Gasteiger partial charge in [0.05, 0.1) is 6.26 Å². The monoisotopic (exact) mass is 463 g/mol. The van der Waals surface area contributed by atoms with Crippen molar-refractivity contribution in [2.45, 2.75) is 38.8 Å². The maximum atomic E-state index is 13.8. The highest BCUT2D eigenvalue weighted by molar-refractivity contribution is 5.93. The molecule has 3 aromatic rings. The van der Waals surface area contributed by atoms with E-state index in [2.05, 4.69) is 5.32 Å². The third-order valence-electron chi connectivity index (χ3n) is 6.20. The van der Waals surface area contributed by atoms with E-state index in [1.165, 1.54) is 18.4 Å². The number of benzene rings is 2. The van der Waals surface area contributed by atoms with E-state index in [0.29, 0.717) is 11.3 Å². The van der Waals surface area contributed by atoms with Crippen molar-refractivity contribution in [3.63, 3.8) is 0 Å². The van der Waals surface area contributed by atoms with Gasteiger partial charge in [0.15, 0.2) is 5.76 Å². The number of nitrogens with zero attached hydrogens (tertiary/aromatic N) is 2. The SMILES string of the molecule is CN(C)c1ccc(NC(=O)C2CCCC2)cc1CN(Cc1cccc(F)c1)C(=O)c1ccco1. The van der Waals surface area contributed by atoms with Gasteiger partial charge < -0.3 is 19.5 Å². The predicted octanol–water partition coefficient (Wildman–Crippen LogP) is 5.46. The van der Waals surface area contributed by atoms with Gasteiger partial charge in [0.25, 0.3) is 5.91 Å². The van der Waals surface area contributed by atoms with Crippen molar-refractivity contribution in [1.29, 1.82) is 0 Å². The maximum absolute atomic E-state index is 13.8. The second-order valence-corrected chi connectivity index (χ2v) is 8.98. The number of carbonyl (C=O) groups excluding carboxylic acids is 2. The zero-order chi connectivity index (χ0) is 24.1. The van der Waals surface area contributed by atoms with Crippen LogP contribution in [-0.2, 0) is 17.9 Å². The van der Waals surface area contributed by atoms with E-state index >= 15 is 0 Å². The highest BCUT2D eigenvalue weighted by atomic mass is 19.1. The second kappa shape index (κ2) is 10.5. The summed E-state index contributed by atoms with van der Waals surface area (Å²) < 4.78 is 19.2. The van der Waals surface area contributed by atoms with Crippen molar-refractivity contribution in [3.05, 3.63) is 83.6 Å². The third kappa shape index (κ3) is 5.65. The number of halogens is 1. The molecule has 0 radical (unpaired) electrons. The first-order chi connectivity index (χ1) is 16.4. The van der Waals surface area contributed by atoms with Gasteiger partial charge in [0, 0.05) is 44.5 Å². The Bertz CT molecular complexity index is 1140. The highest BCUT2D eigenvalue weighted by Gasteiger charge is 2.24. The van der Waals surface area contributed by atoms with Crippen LogP contribution in [0.2, 0.25) is 0 Å². The highest BCUT2D eigenvalue weighted by Crippen LogP contribution is 2.29. The molecule has 0 unspecified atom stereocenters. The van der Waals surface area contributed by atoms with Crippen molar-refractivity contribution in [1.82, 2.24) is 4.90 Å². The first-order valence-electron chi connectivity index (χ1n) is 11.6. The van der Waals surface area contributed by atoms with E-state index in [9.17, 15) is 14.0 Å². The molecule has 4 rings (SSSR count). The van der Waals surface area contributed by atoms with Gasteiger partial charge in [-0.05, 0) is 66.4 Å². The second-order valence-electron chi connectivity index (χ2n) is 8.98. The lowest BCUT2D eigenvalue weighted by atomic mass is 10.1. The first kappa shape index (κ1) is 23.5. The molecule has 1 N–H and O–H groups in total. The van der Waals surface area contributed by atoms with Gasteiger partial charge >= 0.3 is 0 Å². The van der Waals surface area contributed by atoms with Crippen LogP contribution in [0, 0.1) is 11.7 Å². The molecule has 178 valence electrons. The summed E-state index contributed by atoms with van der Waals surface area (Å²) >= 11 is 0. The van der Waals surface area contributed by atoms with E-state index in [-0.39, 0.29) is 42.4 Å². The third-order valence-corrected chi connectivity index (χ3v) is 6.20. The molecule has 34 heavy (non-hydrogen) atoms. The van der Waals surface area contributed by atoms with Gasteiger partial charge in [-0.3, -0.25) is 9.59 Å². The van der Waals surface area contributed by atoms with Crippen LogP contribution in [0.5, 0.6) is 0 Å². The van der Waals surface area contributed by atoms with Gasteiger partial charge in [-0.2, -0.15) is 0 Å². The Labute approximate surface area is 199 Å². The molecule has 7 heteroatoms. The Hall–Kier alpha value is -3.61. The van der Waals surface area contributed by atoms with Crippen molar-refractivity contribution in [3.8, 4) is 0 Å². The van der Waals surface area contributed by atoms with E-state index in [1.807, 2.05) is 37.2 Å². The van der Waals surface area contributed by atoms with Crippen molar-refractivity contribution < 1.29 is 18.4 Å². The summed E-state index contributed by atoms with van der Waals surface area (Å²) in [6.07, 6.45) is 5.48. The van der Waals surface area contributed by atoms with Gasteiger partial charge in [0.2, 0.25) is 5.91 Å². The Balaban J connectivity index is 1.62. The minimum Gasteiger partial charge on any atom is -0.459 e. The van der Waals surface area contributed by atoms with Crippen LogP contribution in [0.15, 0.2) is 65.3 Å². The van der Waals surface area contributed by atoms with Gasteiger partial charge in [0.1, 0.15) is 5.82 Å². The van der Waals surface area contributed by atoms with Crippen molar-refractivity contribution in [2.24, 2.45) is 5.92 Å². The summed E-state index contributed by atoms with van der Waals surface area (Å²) in [5.41, 5.74) is 3.17. The van der Waals surface area contributed by atoms with E-state index in [1.54, 1.807) is 29.2 Å². The van der Waals surface area contributed by atoms with Gasteiger partial charge in [-0.1, -0.05) is 25.0 Å². The molecule has 0 aliphatic heterocycles. The summed E-state index contributed by atoms with van der Waals surface area (Å²) in [4.78, 5) is 29.5. The zero-order valence-electron chi connectivity index (χ0n) is 19.6. The summed E-state index contributed by atoms with van der Waals surface area (Å²) in [5.74, 6) is -0.326. The minimum absolute atomic E-state index is 0.0457. The molecular formula is C27H30FN3O3. The summed E-state index contributed by atoms with van der Waals surface area (Å²) in [5, 5.41) is 3.05. The molecule has 0 spiro atoms. The number of carbonyl (C=O) groups is 2. The molecule has 2 aromatic carbocycles. The zero-order valence-corrected chi connectivity index (χ0v) is 19.6. The van der Waals surface area contributed by atoms with Crippen LogP contribution in [0.4, 0.5) is 15.8 Å².